The van der Waals surface area contributed by atoms with E-state index in [2.05, 4.69) is 14.8 Å². The Hall–Kier alpha value is -0.0713. The molecular formula is C20H32O3SSn. The molecule has 140 valence electrons. The van der Waals surface area contributed by atoms with E-state index in [-0.39, 0.29) is 11.0 Å². The van der Waals surface area contributed by atoms with Crippen molar-refractivity contribution >= 4 is 28.5 Å². The quantitative estimate of drug-likeness (QED) is 0.438. The number of hydrogen-bond donors (Lipinski definition) is 0. The van der Waals surface area contributed by atoms with Crippen LogP contribution in [0.4, 0.5) is 0 Å². The predicted octanol–water partition coefficient (Wildman–Crippen LogP) is 5.38. The van der Waals surface area contributed by atoms with Gasteiger partial charge in [0.05, 0.1) is 0 Å². The van der Waals surface area contributed by atoms with Gasteiger partial charge in [0.1, 0.15) is 0 Å². The number of hydrogen-bond acceptors (Lipinski definition) is 3. The molecule has 4 atom stereocenters. The average molecular weight is 471 g/mol. The first-order chi connectivity index (χ1) is 11.6. The van der Waals surface area contributed by atoms with Crippen LogP contribution in [0, 0.1) is 18.8 Å². The van der Waals surface area contributed by atoms with Crippen LogP contribution in [0.5, 0.6) is 0 Å². The van der Waals surface area contributed by atoms with Crippen molar-refractivity contribution in [3.63, 3.8) is 0 Å². The molecule has 0 radical (unpaired) electrons. The molecule has 3 rings (SSSR count). The van der Waals surface area contributed by atoms with Gasteiger partial charge in [-0.05, 0) is 6.92 Å². The van der Waals surface area contributed by atoms with Crippen LogP contribution in [0.25, 0.3) is 0 Å². The summed E-state index contributed by atoms with van der Waals surface area (Å²) in [6.07, 6.45) is 6.83. The molecule has 0 aliphatic heterocycles. The monoisotopic (exact) mass is 472 g/mol. The third-order valence-corrected chi connectivity index (χ3v) is 16.2. The Bertz CT molecular complexity index is 691. The van der Waals surface area contributed by atoms with Crippen molar-refractivity contribution in [1.29, 1.82) is 0 Å². The van der Waals surface area contributed by atoms with Crippen LogP contribution < -0.4 is 0 Å². The summed E-state index contributed by atoms with van der Waals surface area (Å²) in [5.74, 6) is 1.47. The summed E-state index contributed by atoms with van der Waals surface area (Å²) in [7, 11) is -3.64. The molecule has 0 bridgehead atoms. The number of benzene rings is 1. The molecule has 0 unspecified atom stereocenters. The maximum atomic E-state index is 12.5. The molecule has 0 amide bonds. The zero-order chi connectivity index (χ0) is 18.2. The Labute approximate surface area is 157 Å². The SMILES string of the molecule is Cc1ccc(S(=O)(=O)O[C@H]2CC[C@H]3C[C@@H]([Sn]([CH3])([CH3])[CH3])CC[C@@H]3C2)cc1. The molecule has 3 nitrogen and oxygen atoms in total. The van der Waals surface area contributed by atoms with Crippen molar-refractivity contribution in [3.8, 4) is 0 Å². The fourth-order valence-electron chi connectivity index (χ4n) is 4.66. The average Bonchev–Trinajstić information content (AvgIpc) is 2.53. The van der Waals surface area contributed by atoms with E-state index in [1.807, 2.05) is 19.1 Å². The minimum absolute atomic E-state index is 0.137. The van der Waals surface area contributed by atoms with Gasteiger partial charge in [-0.2, -0.15) is 0 Å². The molecule has 2 saturated carbocycles. The van der Waals surface area contributed by atoms with Crippen molar-refractivity contribution in [2.45, 2.75) is 75.2 Å². The Morgan fingerprint density at radius 2 is 1.52 bits per heavy atom. The van der Waals surface area contributed by atoms with Crippen molar-refractivity contribution in [3.05, 3.63) is 29.8 Å². The van der Waals surface area contributed by atoms with E-state index in [1.54, 1.807) is 12.1 Å². The summed E-state index contributed by atoms with van der Waals surface area (Å²) < 4.78 is 31.7. The van der Waals surface area contributed by atoms with Gasteiger partial charge in [-0.1, -0.05) is 0 Å². The molecule has 0 heterocycles. The normalized spacial score (nSPS) is 30.7. The van der Waals surface area contributed by atoms with Crippen LogP contribution in [-0.4, -0.2) is 32.9 Å². The van der Waals surface area contributed by atoms with Crippen molar-refractivity contribution < 1.29 is 12.6 Å². The minimum atomic E-state index is -3.64. The topological polar surface area (TPSA) is 43.4 Å². The molecule has 1 aromatic carbocycles. The summed E-state index contributed by atoms with van der Waals surface area (Å²) >= 11 is -1.80. The molecule has 5 heteroatoms. The van der Waals surface area contributed by atoms with Gasteiger partial charge in [-0.25, -0.2) is 0 Å². The van der Waals surface area contributed by atoms with Gasteiger partial charge >= 0.3 is 151 Å². The molecule has 2 aliphatic rings. The van der Waals surface area contributed by atoms with Crippen LogP contribution in [0.3, 0.4) is 0 Å². The van der Waals surface area contributed by atoms with E-state index >= 15 is 0 Å². The van der Waals surface area contributed by atoms with Crippen LogP contribution in [0.1, 0.15) is 44.1 Å². The van der Waals surface area contributed by atoms with Crippen LogP contribution >= 0.6 is 0 Å². The Morgan fingerprint density at radius 1 is 0.920 bits per heavy atom. The number of aryl methyl sites for hydroxylation is 1. The summed E-state index contributed by atoms with van der Waals surface area (Å²) in [6.45, 7) is 1.96. The molecule has 0 N–H and O–H groups in total. The molecular weight excluding hydrogens is 439 g/mol. The zero-order valence-corrected chi connectivity index (χ0v) is 19.7. The van der Waals surface area contributed by atoms with Crippen molar-refractivity contribution in [2.75, 3.05) is 0 Å². The van der Waals surface area contributed by atoms with Crippen LogP contribution in [0.2, 0.25) is 18.8 Å². The van der Waals surface area contributed by atoms with Gasteiger partial charge in [0.15, 0.2) is 0 Å². The van der Waals surface area contributed by atoms with Gasteiger partial charge < -0.3 is 0 Å². The Balaban J connectivity index is 1.61. The summed E-state index contributed by atoms with van der Waals surface area (Å²) in [5, 5.41) is 0. The first-order valence-electron chi connectivity index (χ1n) is 9.65. The molecule has 1 aromatic rings. The van der Waals surface area contributed by atoms with Gasteiger partial charge in [0, 0.05) is 0 Å². The Morgan fingerprint density at radius 3 is 2.16 bits per heavy atom. The molecule has 0 spiro atoms. The van der Waals surface area contributed by atoms with Gasteiger partial charge in [0.2, 0.25) is 0 Å². The van der Waals surface area contributed by atoms with E-state index in [1.165, 1.54) is 19.3 Å². The summed E-state index contributed by atoms with van der Waals surface area (Å²) in [5.41, 5.74) is 1.06. The molecule has 0 saturated heterocycles. The second-order valence-electron chi connectivity index (χ2n) is 9.19. The molecule has 2 fully saturated rings. The first kappa shape index (κ1) is 19.7. The zero-order valence-electron chi connectivity index (χ0n) is 16.0. The maximum absolute atomic E-state index is 12.5. The van der Waals surface area contributed by atoms with E-state index in [4.69, 9.17) is 4.18 Å². The van der Waals surface area contributed by atoms with Gasteiger partial charge in [-0.3, -0.25) is 0 Å². The first-order valence-corrected chi connectivity index (χ1v) is 21.3. The Kier molecular flexibility index (Phi) is 5.91. The fraction of sp³-hybridized carbons (Fsp3) is 0.700. The molecule has 25 heavy (non-hydrogen) atoms. The number of rotatable bonds is 4. The van der Waals surface area contributed by atoms with Crippen molar-refractivity contribution in [1.82, 2.24) is 0 Å². The fourth-order valence-corrected chi connectivity index (χ4v) is 11.6. The summed E-state index contributed by atoms with van der Waals surface area (Å²) in [4.78, 5) is 7.96. The van der Waals surface area contributed by atoms with E-state index in [9.17, 15) is 8.42 Å². The summed E-state index contributed by atoms with van der Waals surface area (Å²) in [6, 6.07) is 6.95. The van der Waals surface area contributed by atoms with E-state index in [0.29, 0.717) is 5.92 Å². The van der Waals surface area contributed by atoms with Gasteiger partial charge in [-0.15, -0.1) is 0 Å². The molecule has 0 aromatic heterocycles. The third-order valence-electron chi connectivity index (χ3n) is 6.36. The second-order valence-corrected chi connectivity index (χ2v) is 26.6. The van der Waals surface area contributed by atoms with Crippen molar-refractivity contribution in [2.24, 2.45) is 11.8 Å². The van der Waals surface area contributed by atoms with E-state index in [0.717, 1.165) is 34.7 Å². The van der Waals surface area contributed by atoms with Gasteiger partial charge in [0.25, 0.3) is 0 Å². The third kappa shape index (κ3) is 4.81. The number of fused-ring (bicyclic) bond motifs is 1. The standard InChI is InChI=1S/C17H23O3S.3CH3.Sn/c1-13-6-10-17(11-7-13)21(18,19)20-16-9-8-14-4-2-3-5-15(14)12-16;;;;/h2,6-7,10-11,14-16H,3-5,8-9,12H2,1H3;3*1H3;/t14-,15-,16+;;;;/m1..../s1. The van der Waals surface area contributed by atoms with Crippen LogP contribution in [-0.2, 0) is 14.3 Å². The molecule has 2 aliphatic carbocycles. The predicted molar refractivity (Wildman–Crippen MR) is 105 cm³/mol. The van der Waals surface area contributed by atoms with Crippen LogP contribution in [0.15, 0.2) is 29.2 Å². The second kappa shape index (κ2) is 7.51. The van der Waals surface area contributed by atoms with E-state index < -0.39 is 28.5 Å².